The zero-order valence-electron chi connectivity index (χ0n) is 16.4. The normalized spacial score (nSPS) is 16.4. The third-order valence-electron chi connectivity index (χ3n) is 5.23. The fraction of sp³-hybridized carbons (Fsp3) is 0.300. The number of rotatable bonds is 6. The minimum Gasteiger partial charge on any atom is -0.379 e. The molecule has 1 aromatic heterocycles. The molecular formula is C20H21FN4O5S. The number of halogens is 1. The quantitative estimate of drug-likeness (QED) is 0.510. The molecule has 3 aromatic rings. The fourth-order valence-corrected chi connectivity index (χ4v) is 4.68. The number of nitrogens with one attached hydrogen (secondary N) is 3. The lowest BCUT2D eigenvalue weighted by atomic mass is 10.0. The highest BCUT2D eigenvalue weighted by Crippen LogP contribution is 2.23. The van der Waals surface area contributed by atoms with Crippen LogP contribution in [0.5, 0.6) is 0 Å². The van der Waals surface area contributed by atoms with Gasteiger partial charge in [-0.05, 0) is 35.9 Å². The first-order chi connectivity index (χ1) is 14.8. The number of benzene rings is 2. The summed E-state index contributed by atoms with van der Waals surface area (Å²) in [6.45, 7) is 2.32. The van der Waals surface area contributed by atoms with E-state index in [1.165, 1.54) is 30.3 Å². The second-order valence-corrected chi connectivity index (χ2v) is 8.95. The average Bonchev–Trinajstić information content (AvgIpc) is 2.75. The van der Waals surface area contributed by atoms with E-state index in [0.29, 0.717) is 26.3 Å². The van der Waals surface area contributed by atoms with Gasteiger partial charge in [-0.15, -0.1) is 0 Å². The van der Waals surface area contributed by atoms with Gasteiger partial charge in [0, 0.05) is 25.7 Å². The van der Waals surface area contributed by atoms with Gasteiger partial charge in [-0.3, -0.25) is 14.7 Å². The predicted octanol–water partition coefficient (Wildman–Crippen LogP) is 0.707. The van der Waals surface area contributed by atoms with E-state index in [4.69, 9.17) is 4.74 Å². The van der Waals surface area contributed by atoms with E-state index in [9.17, 15) is 22.4 Å². The Morgan fingerprint density at radius 2 is 1.77 bits per heavy atom. The Hall–Kier alpha value is -2.86. The lowest BCUT2D eigenvalue weighted by Crippen LogP contribution is -2.43. The Bertz CT molecular complexity index is 1300. The Kier molecular flexibility index (Phi) is 6.01. The lowest BCUT2D eigenvalue weighted by Gasteiger charge is -2.34. The maximum Gasteiger partial charge on any atom is 0.326 e. The van der Waals surface area contributed by atoms with Gasteiger partial charge < -0.3 is 9.72 Å². The second-order valence-electron chi connectivity index (χ2n) is 7.18. The number of sulfonamides is 1. The highest BCUT2D eigenvalue weighted by atomic mass is 32.2. The Morgan fingerprint density at radius 3 is 2.48 bits per heavy atom. The Morgan fingerprint density at radius 1 is 1.06 bits per heavy atom. The zero-order valence-corrected chi connectivity index (χ0v) is 17.2. The summed E-state index contributed by atoms with van der Waals surface area (Å²) in [5.41, 5.74) is -0.323. The van der Waals surface area contributed by atoms with Gasteiger partial charge >= 0.3 is 5.69 Å². The number of hydrogen-bond donors (Lipinski definition) is 3. The van der Waals surface area contributed by atoms with E-state index >= 15 is 0 Å². The zero-order chi connectivity index (χ0) is 22.0. The Labute approximate surface area is 176 Å². The molecule has 1 unspecified atom stereocenters. The molecule has 164 valence electrons. The molecule has 0 bridgehead atoms. The molecule has 1 aliphatic heterocycles. The van der Waals surface area contributed by atoms with Gasteiger partial charge in [0.2, 0.25) is 10.0 Å². The largest absolute Gasteiger partial charge is 0.379 e. The van der Waals surface area contributed by atoms with E-state index in [0.717, 1.165) is 5.56 Å². The summed E-state index contributed by atoms with van der Waals surface area (Å²) in [7, 11) is -3.96. The average molecular weight is 448 g/mol. The monoisotopic (exact) mass is 448 g/mol. The van der Waals surface area contributed by atoms with Crippen LogP contribution >= 0.6 is 0 Å². The van der Waals surface area contributed by atoms with Crippen molar-refractivity contribution in [3.8, 4) is 0 Å². The van der Waals surface area contributed by atoms with Crippen molar-refractivity contribution in [3.63, 3.8) is 0 Å². The van der Waals surface area contributed by atoms with Crippen molar-refractivity contribution >= 4 is 20.9 Å². The van der Waals surface area contributed by atoms with E-state index < -0.39 is 21.3 Å². The standard InChI is InChI=1S/C20H21FN4O5S/c21-14-3-1-13(2-4-14)18(25-7-9-30-10-8-25)12-22-31(28,29)15-5-6-17-16(11-15)19(26)24-20(27)23-17/h1-6,11,18,22H,7-10,12H2,(H2,23,24,26,27). The SMILES string of the molecule is O=c1[nH]c(=O)c2cc(S(=O)(=O)NCC(c3ccc(F)cc3)N3CCOCC3)ccc2[nH]1. The van der Waals surface area contributed by atoms with Gasteiger partial charge in [-0.1, -0.05) is 12.1 Å². The van der Waals surface area contributed by atoms with Crippen molar-refractivity contribution in [2.45, 2.75) is 10.9 Å². The molecule has 3 N–H and O–H groups in total. The van der Waals surface area contributed by atoms with E-state index in [-0.39, 0.29) is 34.2 Å². The third kappa shape index (κ3) is 4.74. The summed E-state index contributed by atoms with van der Waals surface area (Å²) in [6, 6.07) is 9.54. The van der Waals surface area contributed by atoms with Crippen LogP contribution in [0.4, 0.5) is 4.39 Å². The van der Waals surface area contributed by atoms with Crippen LogP contribution in [0, 0.1) is 5.82 Å². The Balaban J connectivity index is 1.61. The van der Waals surface area contributed by atoms with Crippen molar-refractivity contribution < 1.29 is 17.5 Å². The van der Waals surface area contributed by atoms with E-state index in [1.807, 2.05) is 0 Å². The third-order valence-corrected chi connectivity index (χ3v) is 6.65. The van der Waals surface area contributed by atoms with Gasteiger partial charge in [-0.2, -0.15) is 0 Å². The molecule has 2 heterocycles. The number of morpholine rings is 1. The molecule has 0 spiro atoms. The van der Waals surface area contributed by atoms with Crippen molar-refractivity contribution in [1.82, 2.24) is 19.6 Å². The summed E-state index contributed by atoms with van der Waals surface area (Å²) >= 11 is 0. The molecule has 1 fully saturated rings. The maximum absolute atomic E-state index is 13.4. The minimum atomic E-state index is -3.96. The summed E-state index contributed by atoms with van der Waals surface area (Å²) in [5.74, 6) is -0.371. The van der Waals surface area contributed by atoms with Crippen LogP contribution in [-0.4, -0.2) is 56.1 Å². The number of aromatic amines is 2. The molecule has 9 nitrogen and oxygen atoms in total. The number of hydrogen-bond acceptors (Lipinski definition) is 6. The molecule has 0 amide bonds. The smallest absolute Gasteiger partial charge is 0.326 e. The van der Waals surface area contributed by atoms with Gasteiger partial charge in [0.05, 0.1) is 29.0 Å². The van der Waals surface area contributed by atoms with Crippen LogP contribution < -0.4 is 16.0 Å². The van der Waals surface area contributed by atoms with Crippen molar-refractivity contribution in [2.75, 3.05) is 32.8 Å². The van der Waals surface area contributed by atoms with Crippen molar-refractivity contribution in [1.29, 1.82) is 0 Å². The molecular weight excluding hydrogens is 427 g/mol. The number of aromatic nitrogens is 2. The van der Waals surface area contributed by atoms with E-state index in [2.05, 4.69) is 19.6 Å². The van der Waals surface area contributed by atoms with Crippen LogP contribution in [0.2, 0.25) is 0 Å². The maximum atomic E-state index is 13.4. The fourth-order valence-electron chi connectivity index (χ4n) is 3.62. The highest BCUT2D eigenvalue weighted by Gasteiger charge is 2.25. The molecule has 1 aliphatic rings. The first-order valence-electron chi connectivity index (χ1n) is 9.67. The van der Waals surface area contributed by atoms with E-state index in [1.54, 1.807) is 12.1 Å². The molecule has 0 radical (unpaired) electrons. The molecule has 0 saturated carbocycles. The van der Waals surface area contributed by atoms with Crippen LogP contribution in [0.1, 0.15) is 11.6 Å². The van der Waals surface area contributed by atoms with Crippen molar-refractivity contribution in [2.24, 2.45) is 0 Å². The molecule has 31 heavy (non-hydrogen) atoms. The molecule has 11 heteroatoms. The molecule has 0 aliphatic carbocycles. The summed E-state index contributed by atoms with van der Waals surface area (Å²) in [6.07, 6.45) is 0. The number of fused-ring (bicyclic) bond motifs is 1. The summed E-state index contributed by atoms with van der Waals surface area (Å²) < 4.78 is 47.2. The lowest BCUT2D eigenvalue weighted by molar-refractivity contribution is 0.0172. The summed E-state index contributed by atoms with van der Waals surface area (Å²) in [4.78, 5) is 29.9. The van der Waals surface area contributed by atoms with Gasteiger partial charge in [0.1, 0.15) is 5.82 Å². The van der Waals surface area contributed by atoms with Crippen LogP contribution in [-0.2, 0) is 14.8 Å². The molecule has 1 saturated heterocycles. The van der Waals surface area contributed by atoms with Crippen LogP contribution in [0.15, 0.2) is 56.9 Å². The number of H-pyrrole nitrogens is 2. The van der Waals surface area contributed by atoms with Crippen molar-refractivity contribution in [3.05, 3.63) is 74.7 Å². The summed E-state index contributed by atoms with van der Waals surface area (Å²) in [5, 5.41) is 0.0609. The van der Waals surface area contributed by atoms with Gasteiger partial charge in [0.15, 0.2) is 0 Å². The predicted molar refractivity (Wildman–Crippen MR) is 112 cm³/mol. The molecule has 2 aromatic carbocycles. The van der Waals surface area contributed by atoms with Gasteiger partial charge in [-0.25, -0.2) is 22.3 Å². The molecule has 4 rings (SSSR count). The topological polar surface area (TPSA) is 124 Å². The highest BCUT2D eigenvalue weighted by molar-refractivity contribution is 7.89. The first kappa shape index (κ1) is 21.4. The van der Waals surface area contributed by atoms with Gasteiger partial charge in [0.25, 0.3) is 5.56 Å². The minimum absolute atomic E-state index is 0.0496. The molecule has 1 atom stereocenters. The second kappa shape index (κ2) is 8.71. The number of nitrogens with zero attached hydrogens (tertiary/aromatic N) is 1. The van der Waals surface area contributed by atoms with Crippen LogP contribution in [0.3, 0.4) is 0 Å². The number of ether oxygens (including phenoxy) is 1. The van der Waals surface area contributed by atoms with Crippen LogP contribution in [0.25, 0.3) is 10.9 Å². The first-order valence-corrected chi connectivity index (χ1v) is 11.1.